The van der Waals surface area contributed by atoms with Gasteiger partial charge in [-0.2, -0.15) is 0 Å². The molecule has 3 N–H and O–H groups in total. The van der Waals surface area contributed by atoms with Gasteiger partial charge < -0.3 is 5.43 Å². The minimum Gasteiger partial charge on any atom is -0.307 e. The molecule has 0 spiro atoms. The van der Waals surface area contributed by atoms with Crippen LogP contribution >= 0.6 is 15.9 Å². The zero-order valence-corrected chi connectivity index (χ0v) is 9.17. The largest absolute Gasteiger partial charge is 0.307 e. The van der Waals surface area contributed by atoms with Crippen LogP contribution in [0.2, 0.25) is 0 Å². The summed E-state index contributed by atoms with van der Waals surface area (Å²) >= 11 is 3.41. The van der Waals surface area contributed by atoms with E-state index in [4.69, 9.17) is 5.84 Å². The molecule has 0 atom stereocenters. The zero-order valence-electron chi connectivity index (χ0n) is 7.58. The summed E-state index contributed by atoms with van der Waals surface area (Å²) in [5.74, 6) is 5.93. The van der Waals surface area contributed by atoms with Gasteiger partial charge in [0.15, 0.2) is 5.82 Å². The second kappa shape index (κ2) is 3.51. The number of rotatable bonds is 1. The molecule has 2 rings (SSSR count). The summed E-state index contributed by atoms with van der Waals surface area (Å²) in [5.41, 5.74) is 4.98. The summed E-state index contributed by atoms with van der Waals surface area (Å²) in [6.45, 7) is 1.86. The van der Waals surface area contributed by atoms with Crippen LogP contribution in [0.15, 0.2) is 22.7 Å². The van der Waals surface area contributed by atoms with Crippen molar-refractivity contribution in [1.29, 1.82) is 0 Å². The van der Waals surface area contributed by atoms with Gasteiger partial charge in [0.1, 0.15) is 5.52 Å². The molecule has 1 heterocycles. The highest BCUT2D eigenvalue weighted by molar-refractivity contribution is 9.10. The zero-order chi connectivity index (χ0) is 10.1. The third-order valence-corrected chi connectivity index (χ3v) is 2.60. The molecule has 14 heavy (non-hydrogen) atoms. The van der Waals surface area contributed by atoms with Gasteiger partial charge in [0, 0.05) is 4.47 Å². The van der Waals surface area contributed by atoms with Crippen molar-refractivity contribution in [1.82, 2.24) is 9.97 Å². The summed E-state index contributed by atoms with van der Waals surface area (Å²) < 4.78 is 0.916. The Morgan fingerprint density at radius 3 is 2.86 bits per heavy atom. The van der Waals surface area contributed by atoms with Crippen molar-refractivity contribution < 1.29 is 0 Å². The number of benzene rings is 1. The van der Waals surface area contributed by atoms with Gasteiger partial charge in [-0.25, -0.2) is 15.8 Å². The Bertz CT molecular complexity index is 483. The van der Waals surface area contributed by atoms with Crippen molar-refractivity contribution in [2.45, 2.75) is 6.92 Å². The maximum atomic E-state index is 5.32. The average Bonchev–Trinajstić information content (AvgIpc) is 2.17. The quantitative estimate of drug-likeness (QED) is 0.602. The molecule has 1 aromatic heterocycles. The molecule has 0 fully saturated rings. The molecule has 0 aliphatic carbocycles. The summed E-state index contributed by atoms with van der Waals surface area (Å²) in [7, 11) is 0. The Morgan fingerprint density at radius 1 is 1.36 bits per heavy atom. The first-order valence-corrected chi connectivity index (χ1v) is 4.91. The second-order valence-electron chi connectivity index (χ2n) is 2.91. The van der Waals surface area contributed by atoms with Crippen LogP contribution in [-0.2, 0) is 0 Å². The maximum Gasteiger partial charge on any atom is 0.162 e. The summed E-state index contributed by atoms with van der Waals surface area (Å²) in [6.07, 6.45) is 0. The van der Waals surface area contributed by atoms with Crippen LogP contribution < -0.4 is 11.3 Å². The predicted octanol–water partition coefficient (Wildman–Crippen LogP) is 1.99. The number of aryl methyl sites for hydroxylation is 1. The number of nitrogen functional groups attached to an aromatic ring is 1. The first kappa shape index (κ1) is 9.36. The van der Waals surface area contributed by atoms with Crippen LogP contribution in [-0.4, -0.2) is 9.97 Å². The lowest BCUT2D eigenvalue weighted by molar-refractivity contribution is 1.14. The number of nitrogens with two attached hydrogens (primary N) is 1. The fraction of sp³-hybridized carbons (Fsp3) is 0.111. The highest BCUT2D eigenvalue weighted by Crippen LogP contribution is 2.22. The summed E-state index contributed by atoms with van der Waals surface area (Å²) in [4.78, 5) is 8.72. The molecule has 0 saturated carbocycles. The summed E-state index contributed by atoms with van der Waals surface area (Å²) in [6, 6.07) is 5.77. The number of aromatic nitrogens is 2. The molecule has 0 aliphatic heterocycles. The first-order valence-electron chi connectivity index (χ1n) is 4.12. The molecule has 4 nitrogen and oxygen atoms in total. The molecule has 72 valence electrons. The number of nitrogens with zero attached hydrogens (tertiary/aromatic N) is 2. The van der Waals surface area contributed by atoms with E-state index in [0.29, 0.717) is 5.82 Å². The number of anilines is 1. The van der Waals surface area contributed by atoms with Gasteiger partial charge in [0.05, 0.1) is 11.2 Å². The molecule has 0 unspecified atom stereocenters. The van der Waals surface area contributed by atoms with Crippen LogP contribution in [0.3, 0.4) is 0 Å². The fourth-order valence-electron chi connectivity index (χ4n) is 1.27. The Balaban J connectivity index is 2.80. The van der Waals surface area contributed by atoms with Crippen molar-refractivity contribution in [2.24, 2.45) is 5.84 Å². The van der Waals surface area contributed by atoms with E-state index in [2.05, 4.69) is 31.3 Å². The van der Waals surface area contributed by atoms with E-state index < -0.39 is 0 Å². The number of hydrogen-bond acceptors (Lipinski definition) is 4. The van der Waals surface area contributed by atoms with E-state index in [1.54, 1.807) is 0 Å². The van der Waals surface area contributed by atoms with Crippen molar-refractivity contribution in [2.75, 3.05) is 5.43 Å². The lowest BCUT2D eigenvalue weighted by atomic mass is 10.3. The van der Waals surface area contributed by atoms with Gasteiger partial charge in [-0.1, -0.05) is 6.07 Å². The van der Waals surface area contributed by atoms with E-state index in [1.807, 2.05) is 25.1 Å². The number of hydrogen-bond donors (Lipinski definition) is 2. The first-order chi connectivity index (χ1) is 6.72. The lowest BCUT2D eigenvalue weighted by Crippen LogP contribution is -2.11. The number of hydrazine groups is 1. The normalized spacial score (nSPS) is 10.5. The molecular weight excluding hydrogens is 244 g/mol. The van der Waals surface area contributed by atoms with Crippen molar-refractivity contribution in [3.05, 3.63) is 28.4 Å². The highest BCUT2D eigenvalue weighted by atomic mass is 79.9. The van der Waals surface area contributed by atoms with Gasteiger partial charge in [-0.3, -0.25) is 0 Å². The predicted molar refractivity (Wildman–Crippen MR) is 59.8 cm³/mol. The number of nitrogens with one attached hydrogen (secondary N) is 1. The third kappa shape index (κ3) is 1.44. The van der Waals surface area contributed by atoms with Gasteiger partial charge in [0.2, 0.25) is 0 Å². The number of halogens is 1. The minimum absolute atomic E-state index is 0.601. The molecule has 2 aromatic rings. The van der Waals surface area contributed by atoms with E-state index in [0.717, 1.165) is 21.2 Å². The molecular formula is C9H9BrN4. The smallest absolute Gasteiger partial charge is 0.162 e. The van der Waals surface area contributed by atoms with Crippen LogP contribution in [0.25, 0.3) is 11.0 Å². The Hall–Kier alpha value is -1.20. The Kier molecular flexibility index (Phi) is 2.35. The van der Waals surface area contributed by atoms with Gasteiger partial charge in [-0.15, -0.1) is 0 Å². The molecule has 5 heteroatoms. The fourth-order valence-corrected chi connectivity index (χ4v) is 1.71. The molecule has 0 bridgehead atoms. The number of fused-ring (bicyclic) bond motifs is 1. The number of para-hydroxylation sites is 1. The molecule has 0 amide bonds. The maximum absolute atomic E-state index is 5.32. The molecule has 1 aromatic carbocycles. The van der Waals surface area contributed by atoms with Crippen LogP contribution in [0.1, 0.15) is 5.69 Å². The molecule has 0 saturated heterocycles. The molecule has 0 aliphatic rings. The Labute approximate surface area is 89.6 Å². The van der Waals surface area contributed by atoms with Crippen molar-refractivity contribution in [3.63, 3.8) is 0 Å². The SMILES string of the molecule is Cc1nc2cccc(Br)c2nc1NN. The van der Waals surface area contributed by atoms with Crippen LogP contribution in [0.5, 0.6) is 0 Å². The highest BCUT2D eigenvalue weighted by Gasteiger charge is 2.05. The van der Waals surface area contributed by atoms with E-state index in [9.17, 15) is 0 Å². The third-order valence-electron chi connectivity index (χ3n) is 1.96. The van der Waals surface area contributed by atoms with Gasteiger partial charge in [0.25, 0.3) is 0 Å². The standard InChI is InChI=1S/C9H9BrN4/c1-5-9(14-11)13-8-6(10)3-2-4-7(8)12-5/h2-4H,11H2,1H3,(H,13,14). The second-order valence-corrected chi connectivity index (χ2v) is 3.76. The van der Waals surface area contributed by atoms with Crippen molar-refractivity contribution >= 4 is 32.8 Å². The lowest BCUT2D eigenvalue weighted by Gasteiger charge is -2.05. The topological polar surface area (TPSA) is 63.8 Å². The van der Waals surface area contributed by atoms with E-state index in [1.165, 1.54) is 0 Å². The minimum atomic E-state index is 0.601. The van der Waals surface area contributed by atoms with Gasteiger partial charge >= 0.3 is 0 Å². The van der Waals surface area contributed by atoms with Crippen molar-refractivity contribution in [3.8, 4) is 0 Å². The van der Waals surface area contributed by atoms with E-state index >= 15 is 0 Å². The van der Waals surface area contributed by atoms with Crippen LogP contribution in [0.4, 0.5) is 5.82 Å². The van der Waals surface area contributed by atoms with Gasteiger partial charge in [-0.05, 0) is 35.0 Å². The summed E-state index contributed by atoms with van der Waals surface area (Å²) in [5, 5.41) is 0. The molecule has 0 radical (unpaired) electrons. The van der Waals surface area contributed by atoms with E-state index in [-0.39, 0.29) is 0 Å². The monoisotopic (exact) mass is 252 g/mol. The Morgan fingerprint density at radius 2 is 2.14 bits per heavy atom. The average molecular weight is 253 g/mol. The van der Waals surface area contributed by atoms with Crippen LogP contribution in [0, 0.1) is 6.92 Å².